The number of aromatic nitrogens is 1. The molecule has 2 aromatic heterocycles. The number of pyridine rings is 1. The Kier molecular flexibility index (Phi) is 2.37. The molecule has 0 unspecified atom stereocenters. The maximum absolute atomic E-state index is 11.4. The molecule has 0 aliphatic carbocycles. The van der Waals surface area contributed by atoms with Crippen LogP contribution in [0.5, 0.6) is 5.75 Å². The average Bonchev–Trinajstić information content (AvgIpc) is 2.74. The van der Waals surface area contributed by atoms with Crippen LogP contribution in [0.1, 0.15) is 10.6 Å². The predicted molar refractivity (Wildman–Crippen MR) is 52.3 cm³/mol. The average molecular weight is 204 g/mol. The first kappa shape index (κ1) is 9.26. The molecule has 0 saturated carbocycles. The lowest BCUT2D eigenvalue weighted by atomic mass is 10.4. The minimum Gasteiger partial charge on any atom is -0.457 e. The van der Waals surface area contributed by atoms with Crippen molar-refractivity contribution in [2.24, 2.45) is 0 Å². The molecule has 0 bridgehead atoms. The Bertz CT molecular complexity index is 465. The van der Waals surface area contributed by atoms with E-state index in [1.54, 1.807) is 18.2 Å². The van der Waals surface area contributed by atoms with Gasteiger partial charge in [0.25, 0.3) is 0 Å². The first-order valence-electron chi connectivity index (χ1n) is 4.23. The number of anilines is 1. The van der Waals surface area contributed by atoms with Crippen molar-refractivity contribution in [1.82, 2.24) is 4.98 Å². The van der Waals surface area contributed by atoms with Crippen LogP contribution in [0, 0.1) is 0 Å². The van der Waals surface area contributed by atoms with Gasteiger partial charge < -0.3 is 14.9 Å². The monoisotopic (exact) mass is 204 g/mol. The van der Waals surface area contributed by atoms with Crippen LogP contribution in [-0.2, 0) is 0 Å². The molecule has 2 aromatic rings. The van der Waals surface area contributed by atoms with E-state index >= 15 is 0 Å². The maximum Gasteiger partial charge on any atom is 0.379 e. The lowest BCUT2D eigenvalue weighted by molar-refractivity contribution is 0.0702. The highest BCUT2D eigenvalue weighted by Gasteiger charge is 2.12. The third-order valence-electron chi connectivity index (χ3n) is 1.72. The van der Waals surface area contributed by atoms with Crippen molar-refractivity contribution in [2.45, 2.75) is 0 Å². The summed E-state index contributed by atoms with van der Waals surface area (Å²) in [5, 5.41) is 0. The zero-order valence-corrected chi connectivity index (χ0v) is 7.71. The fourth-order valence-corrected chi connectivity index (χ4v) is 1.03. The Balaban J connectivity index is 2.17. The minimum atomic E-state index is -0.598. The van der Waals surface area contributed by atoms with Crippen LogP contribution in [0.4, 0.5) is 5.82 Å². The number of carbonyl (C=O) groups is 1. The largest absolute Gasteiger partial charge is 0.457 e. The quantitative estimate of drug-likeness (QED) is 0.749. The minimum absolute atomic E-state index is 0.123. The van der Waals surface area contributed by atoms with Gasteiger partial charge in [-0.2, -0.15) is 0 Å². The highest BCUT2D eigenvalue weighted by Crippen LogP contribution is 2.18. The highest BCUT2D eigenvalue weighted by atomic mass is 16.5. The second-order valence-corrected chi connectivity index (χ2v) is 2.75. The van der Waals surface area contributed by atoms with Gasteiger partial charge in [-0.1, -0.05) is 0 Å². The van der Waals surface area contributed by atoms with E-state index in [0.717, 1.165) is 0 Å². The molecule has 76 valence electrons. The second-order valence-electron chi connectivity index (χ2n) is 2.75. The van der Waals surface area contributed by atoms with Gasteiger partial charge in [0.05, 0.1) is 6.26 Å². The van der Waals surface area contributed by atoms with Crippen LogP contribution in [-0.4, -0.2) is 11.0 Å². The second kappa shape index (κ2) is 3.83. The van der Waals surface area contributed by atoms with Crippen molar-refractivity contribution >= 4 is 11.8 Å². The third kappa shape index (κ3) is 1.96. The van der Waals surface area contributed by atoms with E-state index in [4.69, 9.17) is 14.9 Å². The first-order valence-corrected chi connectivity index (χ1v) is 4.23. The lowest BCUT2D eigenvalue weighted by Gasteiger charge is -2.03. The first-order chi connectivity index (χ1) is 7.27. The van der Waals surface area contributed by atoms with E-state index in [0.29, 0.717) is 0 Å². The summed E-state index contributed by atoms with van der Waals surface area (Å²) in [6.45, 7) is 0. The van der Waals surface area contributed by atoms with Gasteiger partial charge in [0, 0.05) is 6.20 Å². The normalized spacial score (nSPS) is 9.87. The summed E-state index contributed by atoms with van der Waals surface area (Å²) < 4.78 is 9.84. The smallest absolute Gasteiger partial charge is 0.379 e. The third-order valence-corrected chi connectivity index (χ3v) is 1.72. The van der Waals surface area contributed by atoms with Crippen LogP contribution in [0.15, 0.2) is 41.1 Å². The van der Waals surface area contributed by atoms with E-state index in [2.05, 4.69) is 4.98 Å². The molecule has 0 spiro atoms. The summed E-state index contributed by atoms with van der Waals surface area (Å²) in [4.78, 5) is 15.2. The Labute approximate surface area is 85.5 Å². The van der Waals surface area contributed by atoms with E-state index in [1.807, 2.05) is 0 Å². The van der Waals surface area contributed by atoms with Crippen LogP contribution in [0.3, 0.4) is 0 Å². The number of rotatable bonds is 2. The van der Waals surface area contributed by atoms with Gasteiger partial charge in [-0.3, -0.25) is 0 Å². The van der Waals surface area contributed by atoms with Crippen molar-refractivity contribution in [2.75, 3.05) is 5.73 Å². The molecular formula is C10H8N2O3. The molecule has 2 N–H and O–H groups in total. The Morgan fingerprint density at radius 2 is 2.27 bits per heavy atom. The molecule has 0 aromatic carbocycles. The molecule has 0 aliphatic rings. The van der Waals surface area contributed by atoms with Gasteiger partial charge in [0.2, 0.25) is 5.76 Å². The molecule has 0 saturated heterocycles. The number of nitrogens with zero attached hydrogens (tertiary/aromatic N) is 1. The molecule has 15 heavy (non-hydrogen) atoms. The molecule has 2 heterocycles. The summed E-state index contributed by atoms with van der Waals surface area (Å²) in [6, 6.07) is 6.29. The van der Waals surface area contributed by atoms with Crippen molar-refractivity contribution in [3.05, 3.63) is 42.5 Å². The molecule has 0 fully saturated rings. The molecule has 0 amide bonds. The Morgan fingerprint density at radius 1 is 1.40 bits per heavy atom. The van der Waals surface area contributed by atoms with E-state index < -0.39 is 5.97 Å². The molecular weight excluding hydrogens is 196 g/mol. The van der Waals surface area contributed by atoms with Crippen molar-refractivity contribution in [3.8, 4) is 5.75 Å². The van der Waals surface area contributed by atoms with E-state index in [9.17, 15) is 4.79 Å². The van der Waals surface area contributed by atoms with Gasteiger partial charge in [0.15, 0.2) is 11.6 Å². The van der Waals surface area contributed by atoms with Gasteiger partial charge in [-0.15, -0.1) is 0 Å². The number of esters is 1. The lowest BCUT2D eigenvalue weighted by Crippen LogP contribution is -2.09. The van der Waals surface area contributed by atoms with Gasteiger partial charge in [-0.25, -0.2) is 9.78 Å². The molecule has 5 heteroatoms. The number of ether oxygens (including phenoxy) is 1. The number of furan rings is 1. The zero-order chi connectivity index (χ0) is 10.7. The molecule has 5 nitrogen and oxygen atoms in total. The van der Waals surface area contributed by atoms with Crippen LogP contribution in [0.2, 0.25) is 0 Å². The number of nitrogen functional groups attached to an aromatic ring is 1. The molecule has 0 radical (unpaired) electrons. The summed E-state index contributed by atoms with van der Waals surface area (Å²) in [5.41, 5.74) is 5.50. The fourth-order valence-electron chi connectivity index (χ4n) is 1.03. The number of carbonyl (C=O) groups excluding carboxylic acids is 1. The highest BCUT2D eigenvalue weighted by molar-refractivity contribution is 5.88. The molecule has 2 rings (SSSR count). The van der Waals surface area contributed by atoms with Crippen molar-refractivity contribution < 1.29 is 13.9 Å². The van der Waals surface area contributed by atoms with Crippen LogP contribution < -0.4 is 10.5 Å². The Hall–Kier alpha value is -2.30. The summed E-state index contributed by atoms with van der Waals surface area (Å²) in [7, 11) is 0. The van der Waals surface area contributed by atoms with E-state index in [-0.39, 0.29) is 17.3 Å². The van der Waals surface area contributed by atoms with Gasteiger partial charge >= 0.3 is 5.97 Å². The van der Waals surface area contributed by atoms with Crippen molar-refractivity contribution in [1.29, 1.82) is 0 Å². The fraction of sp³-hybridized carbons (Fsp3) is 0. The topological polar surface area (TPSA) is 78.4 Å². The zero-order valence-electron chi connectivity index (χ0n) is 7.71. The maximum atomic E-state index is 11.4. The van der Waals surface area contributed by atoms with E-state index in [1.165, 1.54) is 18.5 Å². The number of nitrogens with two attached hydrogens (primary N) is 1. The number of hydrogen-bond acceptors (Lipinski definition) is 5. The predicted octanol–water partition coefficient (Wildman–Crippen LogP) is 1.48. The van der Waals surface area contributed by atoms with Crippen molar-refractivity contribution in [3.63, 3.8) is 0 Å². The Morgan fingerprint density at radius 3 is 2.93 bits per heavy atom. The van der Waals surface area contributed by atoms with Gasteiger partial charge in [-0.05, 0) is 24.3 Å². The number of hydrogen-bond donors (Lipinski definition) is 1. The van der Waals surface area contributed by atoms with Crippen LogP contribution in [0.25, 0.3) is 0 Å². The molecule has 0 atom stereocenters. The standard InChI is InChI=1S/C10H8N2O3/c11-9-7(3-1-5-12-9)15-10(13)8-4-2-6-14-8/h1-6H,(H2,11,12). The summed E-state index contributed by atoms with van der Waals surface area (Å²) >= 11 is 0. The summed E-state index contributed by atoms with van der Waals surface area (Å²) in [6.07, 6.45) is 2.91. The van der Waals surface area contributed by atoms with Crippen LogP contribution >= 0.6 is 0 Å². The van der Waals surface area contributed by atoms with Gasteiger partial charge in [0.1, 0.15) is 0 Å². The SMILES string of the molecule is Nc1ncccc1OC(=O)c1ccco1. The molecule has 0 aliphatic heterocycles. The summed E-state index contributed by atoms with van der Waals surface area (Å²) in [5.74, 6) is -0.0886.